The zero-order valence-corrected chi connectivity index (χ0v) is 16.7. The van der Waals surface area contributed by atoms with Crippen LogP contribution in [-0.4, -0.2) is 33.9 Å². The van der Waals surface area contributed by atoms with E-state index in [-0.39, 0.29) is 11.6 Å². The van der Waals surface area contributed by atoms with Gasteiger partial charge >= 0.3 is 0 Å². The summed E-state index contributed by atoms with van der Waals surface area (Å²) in [6.45, 7) is 6.80. The van der Waals surface area contributed by atoms with Crippen molar-refractivity contribution < 1.29 is 9.72 Å². The first kappa shape index (κ1) is 19.7. The Morgan fingerprint density at radius 1 is 1.18 bits per heavy atom. The number of non-ortho nitro benzene ring substituents is 1. The summed E-state index contributed by atoms with van der Waals surface area (Å²) in [5.41, 5.74) is 2.61. The Morgan fingerprint density at radius 3 is 2.54 bits per heavy atom. The van der Waals surface area contributed by atoms with E-state index in [1.807, 2.05) is 20.8 Å². The van der Waals surface area contributed by atoms with Crippen LogP contribution in [0.2, 0.25) is 0 Å². The molecule has 2 N–H and O–H groups in total. The van der Waals surface area contributed by atoms with Gasteiger partial charge in [0.05, 0.1) is 9.80 Å². The third-order valence-corrected chi connectivity index (χ3v) is 5.54. The Kier molecular flexibility index (Phi) is 5.84. The van der Waals surface area contributed by atoms with Gasteiger partial charge in [0.25, 0.3) is 11.6 Å². The normalized spacial score (nSPS) is 10.8. The number of amides is 1. The molecule has 3 rings (SSSR count). The summed E-state index contributed by atoms with van der Waals surface area (Å²) < 4.78 is 0. The number of nitrogens with one attached hydrogen (secondary N) is 2. The van der Waals surface area contributed by atoms with Gasteiger partial charge in [0.15, 0.2) is 0 Å². The van der Waals surface area contributed by atoms with Gasteiger partial charge in [0, 0.05) is 48.4 Å². The van der Waals surface area contributed by atoms with E-state index in [2.05, 4.69) is 20.6 Å². The maximum absolute atomic E-state index is 12.6. The first-order valence-electron chi connectivity index (χ1n) is 8.93. The van der Waals surface area contributed by atoms with E-state index in [9.17, 15) is 14.9 Å². The third kappa shape index (κ3) is 4.09. The van der Waals surface area contributed by atoms with Crippen LogP contribution in [0, 0.1) is 24.0 Å². The van der Waals surface area contributed by atoms with Crippen molar-refractivity contribution in [2.45, 2.75) is 27.2 Å². The van der Waals surface area contributed by atoms with Crippen LogP contribution in [-0.2, 0) is 6.42 Å². The van der Waals surface area contributed by atoms with Gasteiger partial charge in [-0.25, -0.2) is 9.97 Å². The van der Waals surface area contributed by atoms with E-state index >= 15 is 0 Å². The molecule has 2 heterocycles. The maximum atomic E-state index is 12.6. The van der Waals surface area contributed by atoms with Crippen molar-refractivity contribution in [3.8, 4) is 0 Å². The summed E-state index contributed by atoms with van der Waals surface area (Å²) in [5, 5.41) is 17.6. The number of carbonyl (C=O) groups is 1. The molecule has 0 saturated carbocycles. The van der Waals surface area contributed by atoms with Crippen molar-refractivity contribution in [2.75, 3.05) is 18.4 Å². The summed E-state index contributed by atoms with van der Waals surface area (Å²) in [6.07, 6.45) is 0.754. The van der Waals surface area contributed by atoms with Crippen molar-refractivity contribution in [1.29, 1.82) is 0 Å². The van der Waals surface area contributed by atoms with E-state index in [1.54, 1.807) is 12.1 Å². The highest BCUT2D eigenvalue weighted by atomic mass is 32.1. The van der Waals surface area contributed by atoms with Crippen LogP contribution in [0.25, 0.3) is 10.2 Å². The standard InChI is InChI=1S/C19H21N5O3S/c1-4-15-22-12(3)16-11(2)17(28-19(16)23-15)18(25)21-10-9-20-13-5-7-14(8-6-13)24(26)27/h5-8,20H,4,9-10H2,1-3H3,(H,21,25). The molecule has 146 valence electrons. The number of anilines is 1. The van der Waals surface area contributed by atoms with Crippen LogP contribution in [0.1, 0.15) is 33.7 Å². The average molecular weight is 399 g/mol. The fraction of sp³-hybridized carbons (Fsp3) is 0.316. The Morgan fingerprint density at radius 2 is 1.89 bits per heavy atom. The summed E-state index contributed by atoms with van der Waals surface area (Å²) in [4.78, 5) is 33.3. The van der Waals surface area contributed by atoms with Crippen molar-refractivity contribution in [2.24, 2.45) is 0 Å². The number of nitro groups is 1. The number of carbonyl (C=O) groups excluding carboxylic acids is 1. The second-order valence-electron chi connectivity index (χ2n) is 6.30. The predicted octanol–water partition coefficient (Wildman–Crippen LogP) is 3.62. The Bertz CT molecular complexity index is 1030. The van der Waals surface area contributed by atoms with Gasteiger partial charge in [-0.3, -0.25) is 14.9 Å². The zero-order valence-electron chi connectivity index (χ0n) is 15.9. The van der Waals surface area contributed by atoms with Crippen LogP contribution in [0.15, 0.2) is 24.3 Å². The number of aryl methyl sites for hydroxylation is 3. The molecular formula is C19H21N5O3S. The van der Waals surface area contributed by atoms with Gasteiger partial charge in [0.1, 0.15) is 10.7 Å². The SMILES string of the molecule is CCc1nc(C)c2c(C)c(C(=O)NCCNc3ccc([N+](=O)[O-])cc3)sc2n1. The minimum absolute atomic E-state index is 0.0451. The van der Waals surface area contributed by atoms with Gasteiger partial charge in [-0.1, -0.05) is 6.92 Å². The monoisotopic (exact) mass is 399 g/mol. The van der Waals surface area contributed by atoms with E-state index in [4.69, 9.17) is 0 Å². The Labute approximate surface area is 166 Å². The largest absolute Gasteiger partial charge is 0.383 e. The minimum atomic E-state index is -0.438. The number of hydrogen-bond donors (Lipinski definition) is 2. The number of rotatable bonds is 7. The number of nitro benzene ring substituents is 1. The molecule has 3 aromatic rings. The van der Waals surface area contributed by atoms with Crippen LogP contribution in [0.5, 0.6) is 0 Å². The van der Waals surface area contributed by atoms with E-state index < -0.39 is 4.92 Å². The van der Waals surface area contributed by atoms with Gasteiger partial charge in [-0.2, -0.15) is 0 Å². The molecule has 0 radical (unpaired) electrons. The number of thiophene rings is 1. The molecular weight excluding hydrogens is 378 g/mol. The quantitative estimate of drug-likeness (QED) is 0.357. The fourth-order valence-corrected chi connectivity index (χ4v) is 4.10. The lowest BCUT2D eigenvalue weighted by atomic mass is 10.1. The molecule has 0 fully saturated rings. The molecule has 0 saturated heterocycles. The number of nitrogens with zero attached hydrogens (tertiary/aromatic N) is 3. The third-order valence-electron chi connectivity index (χ3n) is 4.36. The predicted molar refractivity (Wildman–Crippen MR) is 110 cm³/mol. The molecule has 8 nitrogen and oxygen atoms in total. The van der Waals surface area contributed by atoms with Crippen LogP contribution in [0.4, 0.5) is 11.4 Å². The van der Waals surface area contributed by atoms with E-state index in [1.165, 1.54) is 23.5 Å². The van der Waals surface area contributed by atoms with Gasteiger partial charge < -0.3 is 10.6 Å². The highest BCUT2D eigenvalue weighted by molar-refractivity contribution is 7.20. The molecule has 0 atom stereocenters. The second kappa shape index (κ2) is 8.30. The van der Waals surface area contributed by atoms with Crippen molar-refractivity contribution in [1.82, 2.24) is 15.3 Å². The number of fused-ring (bicyclic) bond motifs is 1. The van der Waals surface area contributed by atoms with Crippen LogP contribution in [0.3, 0.4) is 0 Å². The molecule has 0 aliphatic heterocycles. The minimum Gasteiger partial charge on any atom is -0.383 e. The Hall–Kier alpha value is -3.07. The first-order valence-corrected chi connectivity index (χ1v) is 9.75. The lowest BCUT2D eigenvalue weighted by molar-refractivity contribution is -0.384. The summed E-state index contributed by atoms with van der Waals surface area (Å²) in [6, 6.07) is 6.16. The average Bonchev–Trinajstić information content (AvgIpc) is 3.02. The molecule has 0 aliphatic rings. The highest BCUT2D eigenvalue weighted by Gasteiger charge is 2.18. The van der Waals surface area contributed by atoms with Crippen molar-refractivity contribution in [3.05, 3.63) is 56.3 Å². The topological polar surface area (TPSA) is 110 Å². The molecule has 0 unspecified atom stereocenters. The maximum Gasteiger partial charge on any atom is 0.269 e. The number of benzene rings is 1. The molecule has 1 aromatic carbocycles. The molecule has 0 spiro atoms. The highest BCUT2D eigenvalue weighted by Crippen LogP contribution is 2.31. The van der Waals surface area contributed by atoms with Crippen LogP contribution < -0.4 is 10.6 Å². The summed E-state index contributed by atoms with van der Waals surface area (Å²) in [7, 11) is 0. The lowest BCUT2D eigenvalue weighted by Crippen LogP contribution is -2.28. The molecule has 0 aliphatic carbocycles. The number of hydrogen-bond acceptors (Lipinski definition) is 7. The molecule has 1 amide bonds. The molecule has 9 heteroatoms. The smallest absolute Gasteiger partial charge is 0.269 e. The second-order valence-corrected chi connectivity index (χ2v) is 7.30. The Balaban J connectivity index is 1.61. The van der Waals surface area contributed by atoms with Crippen molar-refractivity contribution in [3.63, 3.8) is 0 Å². The van der Waals surface area contributed by atoms with Gasteiger partial charge in [-0.15, -0.1) is 11.3 Å². The van der Waals surface area contributed by atoms with E-state index in [0.717, 1.165) is 39.4 Å². The zero-order chi connectivity index (χ0) is 20.3. The summed E-state index contributed by atoms with van der Waals surface area (Å²) in [5.74, 6) is 0.647. The lowest BCUT2D eigenvalue weighted by Gasteiger charge is -2.07. The first-order chi connectivity index (χ1) is 13.4. The molecule has 2 aromatic heterocycles. The van der Waals surface area contributed by atoms with E-state index in [0.29, 0.717) is 18.0 Å². The van der Waals surface area contributed by atoms with Crippen molar-refractivity contribution >= 4 is 38.8 Å². The summed E-state index contributed by atoms with van der Waals surface area (Å²) >= 11 is 1.39. The van der Waals surface area contributed by atoms with Gasteiger partial charge in [-0.05, 0) is 31.5 Å². The van der Waals surface area contributed by atoms with Crippen LogP contribution >= 0.6 is 11.3 Å². The number of aromatic nitrogens is 2. The molecule has 28 heavy (non-hydrogen) atoms. The molecule has 0 bridgehead atoms. The van der Waals surface area contributed by atoms with Gasteiger partial charge in [0.2, 0.25) is 0 Å². The fourth-order valence-electron chi connectivity index (χ4n) is 2.93.